The van der Waals surface area contributed by atoms with Crippen LogP contribution in [-0.2, 0) is 0 Å². The van der Waals surface area contributed by atoms with Crippen molar-refractivity contribution in [2.45, 2.75) is 13.3 Å². The molecule has 1 fully saturated rings. The van der Waals surface area contributed by atoms with E-state index in [0.717, 1.165) is 39.1 Å². The second kappa shape index (κ2) is 7.43. The third-order valence-electron chi connectivity index (χ3n) is 3.94. The number of hydrogen-bond donors (Lipinski definition) is 2. The maximum Gasteiger partial charge on any atom is 0.254 e. The smallest absolute Gasteiger partial charge is 0.254 e. The normalized spacial score (nSPS) is 18.3. The average Bonchev–Trinajstić information content (AvgIpc) is 2.72. The number of nitrogens with two attached hydrogens (primary N) is 1. The largest absolute Gasteiger partial charge is 0.508 e. The van der Waals surface area contributed by atoms with E-state index in [9.17, 15) is 9.90 Å². The molecule has 116 valence electrons. The Labute approximate surface area is 126 Å². The zero-order chi connectivity index (χ0) is 15.2. The lowest BCUT2D eigenvalue weighted by Gasteiger charge is -2.24. The van der Waals surface area contributed by atoms with Crippen LogP contribution in [0, 0.1) is 5.92 Å². The molecule has 21 heavy (non-hydrogen) atoms. The van der Waals surface area contributed by atoms with Crippen LogP contribution < -0.4 is 5.73 Å². The molecule has 0 radical (unpaired) electrons. The Morgan fingerprint density at radius 3 is 2.86 bits per heavy atom. The molecule has 0 bridgehead atoms. The molecule has 1 saturated heterocycles. The topological polar surface area (TPSA) is 69.8 Å². The highest BCUT2D eigenvalue weighted by Gasteiger charge is 2.21. The highest BCUT2D eigenvalue weighted by molar-refractivity contribution is 5.94. The van der Waals surface area contributed by atoms with E-state index in [0.29, 0.717) is 18.0 Å². The highest BCUT2D eigenvalue weighted by Crippen LogP contribution is 2.15. The lowest BCUT2D eigenvalue weighted by atomic mass is 10.1. The summed E-state index contributed by atoms with van der Waals surface area (Å²) >= 11 is 0. The van der Waals surface area contributed by atoms with E-state index in [1.807, 2.05) is 4.90 Å². The summed E-state index contributed by atoms with van der Waals surface area (Å²) in [6.45, 7) is 7.23. The van der Waals surface area contributed by atoms with Gasteiger partial charge in [-0.1, -0.05) is 13.0 Å². The summed E-state index contributed by atoms with van der Waals surface area (Å²) in [6, 6.07) is 6.56. The fourth-order valence-electron chi connectivity index (χ4n) is 2.69. The summed E-state index contributed by atoms with van der Waals surface area (Å²) in [4.78, 5) is 16.7. The Morgan fingerprint density at radius 2 is 2.14 bits per heavy atom. The molecule has 5 heteroatoms. The first-order valence-corrected chi connectivity index (χ1v) is 7.61. The Bertz CT molecular complexity index is 478. The van der Waals surface area contributed by atoms with Gasteiger partial charge in [-0.2, -0.15) is 0 Å². The quantitative estimate of drug-likeness (QED) is 0.872. The molecule has 2 rings (SSSR count). The standard InChI is InChI=1S/C16H25N3O2/c1-13(11-17)12-18-6-3-7-19(9-8-18)16(21)14-4-2-5-15(20)10-14/h2,4-5,10,13,20H,3,6-9,11-12,17H2,1H3. The molecule has 1 aromatic carbocycles. The van der Waals surface area contributed by atoms with Gasteiger partial charge in [-0.3, -0.25) is 4.79 Å². The zero-order valence-corrected chi connectivity index (χ0v) is 12.7. The van der Waals surface area contributed by atoms with E-state index in [4.69, 9.17) is 5.73 Å². The predicted octanol–water partition coefficient (Wildman–Crippen LogP) is 1.13. The van der Waals surface area contributed by atoms with Crippen molar-refractivity contribution >= 4 is 5.91 Å². The number of carbonyl (C=O) groups excluding carboxylic acids is 1. The van der Waals surface area contributed by atoms with E-state index >= 15 is 0 Å². The van der Waals surface area contributed by atoms with Gasteiger partial charge >= 0.3 is 0 Å². The summed E-state index contributed by atoms with van der Waals surface area (Å²) in [6.07, 6.45) is 0.974. The van der Waals surface area contributed by atoms with Crippen LogP contribution in [0.25, 0.3) is 0 Å². The molecule has 0 aliphatic carbocycles. The molecule has 1 atom stereocenters. The summed E-state index contributed by atoms with van der Waals surface area (Å²) in [5.41, 5.74) is 6.23. The van der Waals surface area contributed by atoms with Crippen molar-refractivity contribution in [1.82, 2.24) is 9.80 Å². The fourth-order valence-corrected chi connectivity index (χ4v) is 2.69. The molecule has 0 saturated carbocycles. The number of benzene rings is 1. The maximum atomic E-state index is 12.5. The molecule has 1 unspecified atom stereocenters. The lowest BCUT2D eigenvalue weighted by molar-refractivity contribution is 0.0760. The third-order valence-corrected chi connectivity index (χ3v) is 3.94. The zero-order valence-electron chi connectivity index (χ0n) is 12.7. The first-order valence-electron chi connectivity index (χ1n) is 7.61. The van der Waals surface area contributed by atoms with E-state index < -0.39 is 0 Å². The first kappa shape index (κ1) is 15.8. The first-order chi connectivity index (χ1) is 10.1. The monoisotopic (exact) mass is 291 g/mol. The number of carbonyl (C=O) groups is 1. The third kappa shape index (κ3) is 4.44. The Hall–Kier alpha value is -1.59. The lowest BCUT2D eigenvalue weighted by Crippen LogP contribution is -2.37. The van der Waals surface area contributed by atoms with Gasteiger partial charge in [0, 0.05) is 31.7 Å². The molecule has 3 N–H and O–H groups in total. The van der Waals surface area contributed by atoms with Crippen molar-refractivity contribution in [3.8, 4) is 5.75 Å². The fraction of sp³-hybridized carbons (Fsp3) is 0.562. The van der Waals surface area contributed by atoms with Gasteiger partial charge in [0.2, 0.25) is 0 Å². The SMILES string of the molecule is CC(CN)CN1CCCN(C(=O)c2cccc(O)c2)CC1. The minimum atomic E-state index is -0.000349. The number of hydrogen-bond acceptors (Lipinski definition) is 4. The molecule has 1 aliphatic rings. The van der Waals surface area contributed by atoms with Crippen molar-refractivity contribution in [1.29, 1.82) is 0 Å². The number of nitrogens with zero attached hydrogens (tertiary/aromatic N) is 2. The Balaban J connectivity index is 1.95. The van der Waals surface area contributed by atoms with Crippen LogP contribution >= 0.6 is 0 Å². The van der Waals surface area contributed by atoms with Crippen molar-refractivity contribution in [2.24, 2.45) is 11.7 Å². The summed E-state index contributed by atoms with van der Waals surface area (Å²) in [7, 11) is 0. The number of phenolic OH excluding ortho intramolecular Hbond substituents is 1. The number of aromatic hydroxyl groups is 1. The average molecular weight is 291 g/mol. The Kier molecular flexibility index (Phi) is 5.59. The van der Waals surface area contributed by atoms with E-state index in [-0.39, 0.29) is 11.7 Å². The van der Waals surface area contributed by atoms with Crippen LogP contribution in [0.3, 0.4) is 0 Å². The van der Waals surface area contributed by atoms with Gasteiger partial charge in [0.05, 0.1) is 0 Å². The summed E-state index contributed by atoms with van der Waals surface area (Å²) in [5.74, 6) is 0.618. The minimum Gasteiger partial charge on any atom is -0.508 e. The number of rotatable bonds is 4. The predicted molar refractivity (Wildman–Crippen MR) is 83.3 cm³/mol. The molecule has 5 nitrogen and oxygen atoms in total. The summed E-state index contributed by atoms with van der Waals surface area (Å²) < 4.78 is 0. The van der Waals surface area contributed by atoms with E-state index in [2.05, 4.69) is 11.8 Å². The molecular weight excluding hydrogens is 266 g/mol. The van der Waals surface area contributed by atoms with Crippen LogP contribution in [0.15, 0.2) is 24.3 Å². The highest BCUT2D eigenvalue weighted by atomic mass is 16.3. The molecular formula is C16H25N3O2. The van der Waals surface area contributed by atoms with Crippen molar-refractivity contribution < 1.29 is 9.90 Å². The maximum absolute atomic E-state index is 12.5. The van der Waals surface area contributed by atoms with Crippen LogP contribution in [0.2, 0.25) is 0 Å². The van der Waals surface area contributed by atoms with Crippen LogP contribution in [0.4, 0.5) is 0 Å². The minimum absolute atomic E-state index is 0.000349. The second-order valence-corrected chi connectivity index (χ2v) is 5.84. The van der Waals surface area contributed by atoms with E-state index in [1.54, 1.807) is 18.2 Å². The van der Waals surface area contributed by atoms with E-state index in [1.165, 1.54) is 6.07 Å². The molecule has 1 aromatic rings. The molecule has 0 aromatic heterocycles. The van der Waals surface area contributed by atoms with Gasteiger partial charge in [0.25, 0.3) is 5.91 Å². The van der Waals surface area contributed by atoms with Gasteiger partial charge in [0.1, 0.15) is 5.75 Å². The van der Waals surface area contributed by atoms with Gasteiger partial charge in [-0.15, -0.1) is 0 Å². The summed E-state index contributed by atoms with van der Waals surface area (Å²) in [5, 5.41) is 9.49. The van der Waals surface area contributed by atoms with Crippen molar-refractivity contribution in [3.63, 3.8) is 0 Å². The van der Waals surface area contributed by atoms with Gasteiger partial charge in [0.15, 0.2) is 0 Å². The Morgan fingerprint density at radius 1 is 1.33 bits per heavy atom. The van der Waals surface area contributed by atoms with Crippen molar-refractivity contribution in [3.05, 3.63) is 29.8 Å². The van der Waals surface area contributed by atoms with Crippen molar-refractivity contribution in [2.75, 3.05) is 39.3 Å². The van der Waals surface area contributed by atoms with Gasteiger partial charge in [-0.25, -0.2) is 0 Å². The molecule has 1 heterocycles. The molecule has 0 spiro atoms. The molecule has 1 amide bonds. The number of phenols is 1. The molecule has 1 aliphatic heterocycles. The van der Waals surface area contributed by atoms with Crippen LogP contribution in [-0.4, -0.2) is 60.1 Å². The van der Waals surface area contributed by atoms with Crippen LogP contribution in [0.5, 0.6) is 5.75 Å². The van der Waals surface area contributed by atoms with Gasteiger partial charge < -0.3 is 20.6 Å². The van der Waals surface area contributed by atoms with Gasteiger partial charge in [-0.05, 0) is 43.6 Å². The number of amides is 1. The van der Waals surface area contributed by atoms with Crippen LogP contribution in [0.1, 0.15) is 23.7 Å². The second-order valence-electron chi connectivity index (χ2n) is 5.84.